The number of benzene rings is 2. The molecular formula is C20H15N3O4. The minimum absolute atomic E-state index is 0.0180. The number of nitrogen functional groups attached to an aromatic ring is 1. The van der Waals surface area contributed by atoms with Crippen LogP contribution in [-0.4, -0.2) is 23.6 Å². The number of nitrogens with zero attached hydrogens (tertiary/aromatic N) is 2. The molecule has 0 saturated heterocycles. The maximum absolute atomic E-state index is 12.7. The lowest BCUT2D eigenvalue weighted by Crippen LogP contribution is -2.16. The van der Waals surface area contributed by atoms with Gasteiger partial charge in [0.2, 0.25) is 0 Å². The monoisotopic (exact) mass is 361 g/mol. The number of nitrogens with two attached hydrogens (primary N) is 1. The van der Waals surface area contributed by atoms with Crippen LogP contribution in [-0.2, 0) is 4.74 Å². The standard InChI is InChI=1S/C20H15N3O4/c1-26-20(25)18-17(22)13(11-21)12-23(18)16-10-6-5-9-15(16)19(24)27-14-7-3-2-4-8-14/h2-10,12H,22H2,1H3. The minimum Gasteiger partial charge on any atom is -0.464 e. The zero-order valence-electron chi connectivity index (χ0n) is 14.4. The number of aromatic nitrogens is 1. The van der Waals surface area contributed by atoms with Crippen molar-refractivity contribution in [3.05, 3.63) is 77.6 Å². The molecule has 0 aliphatic carbocycles. The smallest absolute Gasteiger partial charge is 0.357 e. The predicted molar refractivity (Wildman–Crippen MR) is 97.6 cm³/mol. The Morgan fingerprint density at radius 1 is 1.04 bits per heavy atom. The summed E-state index contributed by atoms with van der Waals surface area (Å²) in [4.78, 5) is 24.9. The van der Waals surface area contributed by atoms with E-state index in [1.54, 1.807) is 54.6 Å². The van der Waals surface area contributed by atoms with Crippen molar-refractivity contribution in [3.63, 3.8) is 0 Å². The zero-order chi connectivity index (χ0) is 19.4. The molecule has 3 rings (SSSR count). The lowest BCUT2D eigenvalue weighted by molar-refractivity contribution is 0.0591. The Hall–Kier alpha value is -4.05. The summed E-state index contributed by atoms with van der Waals surface area (Å²) >= 11 is 0. The molecule has 7 nitrogen and oxygen atoms in total. The Morgan fingerprint density at radius 2 is 1.70 bits per heavy atom. The normalized spacial score (nSPS) is 10.1. The summed E-state index contributed by atoms with van der Waals surface area (Å²) in [6.45, 7) is 0. The highest BCUT2D eigenvalue weighted by Crippen LogP contribution is 2.27. The molecule has 2 aromatic carbocycles. The van der Waals surface area contributed by atoms with Crippen molar-refractivity contribution in [3.8, 4) is 17.5 Å². The van der Waals surface area contributed by atoms with Crippen LogP contribution in [0.5, 0.6) is 5.75 Å². The van der Waals surface area contributed by atoms with E-state index in [1.807, 2.05) is 6.07 Å². The number of para-hydroxylation sites is 2. The zero-order valence-corrected chi connectivity index (χ0v) is 14.4. The van der Waals surface area contributed by atoms with Gasteiger partial charge in [-0.1, -0.05) is 30.3 Å². The van der Waals surface area contributed by atoms with E-state index in [-0.39, 0.29) is 22.5 Å². The largest absolute Gasteiger partial charge is 0.464 e. The van der Waals surface area contributed by atoms with Crippen LogP contribution in [0.15, 0.2) is 60.8 Å². The first-order valence-electron chi connectivity index (χ1n) is 7.92. The lowest BCUT2D eigenvalue weighted by atomic mass is 10.1. The number of rotatable bonds is 4. The molecule has 3 aromatic rings. The minimum atomic E-state index is -0.722. The fourth-order valence-electron chi connectivity index (χ4n) is 2.61. The van der Waals surface area contributed by atoms with Gasteiger partial charge in [-0.3, -0.25) is 0 Å². The van der Waals surface area contributed by atoms with E-state index in [0.717, 1.165) is 0 Å². The molecule has 0 saturated carbocycles. The van der Waals surface area contributed by atoms with Crippen molar-refractivity contribution < 1.29 is 19.1 Å². The van der Waals surface area contributed by atoms with Crippen LogP contribution in [0.1, 0.15) is 26.4 Å². The number of esters is 2. The molecule has 0 aliphatic heterocycles. The molecule has 0 fully saturated rings. The number of carbonyl (C=O) groups excluding carboxylic acids is 2. The van der Waals surface area contributed by atoms with E-state index in [1.165, 1.54) is 17.9 Å². The molecule has 7 heteroatoms. The molecule has 1 heterocycles. The number of ether oxygens (including phenoxy) is 2. The fourth-order valence-corrected chi connectivity index (χ4v) is 2.61. The second-order valence-corrected chi connectivity index (χ2v) is 5.50. The van der Waals surface area contributed by atoms with Crippen molar-refractivity contribution in [1.82, 2.24) is 4.57 Å². The van der Waals surface area contributed by atoms with Gasteiger partial charge >= 0.3 is 11.9 Å². The van der Waals surface area contributed by atoms with Gasteiger partial charge in [0.1, 0.15) is 11.8 Å². The Bertz CT molecular complexity index is 1050. The predicted octanol–water partition coefficient (Wildman–Crippen LogP) is 2.94. The summed E-state index contributed by atoms with van der Waals surface area (Å²) in [6, 6.07) is 17.1. The van der Waals surface area contributed by atoms with E-state index in [0.29, 0.717) is 11.4 Å². The van der Waals surface area contributed by atoms with Gasteiger partial charge < -0.3 is 19.8 Å². The van der Waals surface area contributed by atoms with Gasteiger partial charge in [-0.2, -0.15) is 5.26 Å². The molecule has 0 atom stereocenters. The van der Waals surface area contributed by atoms with Crippen LogP contribution in [0.4, 0.5) is 5.69 Å². The topological polar surface area (TPSA) is 107 Å². The number of nitriles is 1. The summed E-state index contributed by atoms with van der Waals surface area (Å²) in [5, 5.41) is 9.24. The summed E-state index contributed by atoms with van der Waals surface area (Å²) < 4.78 is 11.5. The van der Waals surface area contributed by atoms with Crippen LogP contribution in [0.2, 0.25) is 0 Å². The second-order valence-electron chi connectivity index (χ2n) is 5.50. The Balaban J connectivity index is 2.11. The molecule has 0 radical (unpaired) electrons. The quantitative estimate of drug-likeness (QED) is 0.565. The second kappa shape index (κ2) is 7.45. The van der Waals surface area contributed by atoms with Gasteiger partial charge in [-0.15, -0.1) is 0 Å². The maximum Gasteiger partial charge on any atom is 0.357 e. The lowest BCUT2D eigenvalue weighted by Gasteiger charge is -2.13. The highest BCUT2D eigenvalue weighted by molar-refractivity contribution is 5.99. The van der Waals surface area contributed by atoms with Crippen molar-refractivity contribution in [2.75, 3.05) is 12.8 Å². The third-order valence-electron chi connectivity index (χ3n) is 3.88. The molecule has 0 bridgehead atoms. The highest BCUT2D eigenvalue weighted by Gasteiger charge is 2.24. The van der Waals surface area contributed by atoms with Gasteiger partial charge in [0.15, 0.2) is 5.69 Å². The van der Waals surface area contributed by atoms with Crippen molar-refractivity contribution in [2.45, 2.75) is 0 Å². The summed E-state index contributed by atoms with van der Waals surface area (Å²) in [5.74, 6) is -0.950. The average Bonchev–Trinajstić information content (AvgIpc) is 3.04. The SMILES string of the molecule is COC(=O)c1c(N)c(C#N)cn1-c1ccccc1C(=O)Oc1ccccc1. The number of hydrogen-bond acceptors (Lipinski definition) is 6. The Labute approximate surface area is 155 Å². The number of hydrogen-bond donors (Lipinski definition) is 1. The van der Waals surface area contributed by atoms with Crippen molar-refractivity contribution >= 4 is 17.6 Å². The van der Waals surface area contributed by atoms with E-state index in [2.05, 4.69) is 0 Å². The summed E-state index contributed by atoms with van der Waals surface area (Å²) in [5.41, 5.74) is 6.51. The fraction of sp³-hybridized carbons (Fsp3) is 0.0500. The van der Waals surface area contributed by atoms with E-state index in [4.69, 9.17) is 15.2 Å². The maximum atomic E-state index is 12.7. The van der Waals surface area contributed by atoms with Crippen LogP contribution >= 0.6 is 0 Å². The van der Waals surface area contributed by atoms with Crippen molar-refractivity contribution in [1.29, 1.82) is 5.26 Å². The molecule has 1 aromatic heterocycles. The molecular weight excluding hydrogens is 346 g/mol. The van der Waals surface area contributed by atoms with Gasteiger partial charge in [-0.25, -0.2) is 9.59 Å². The number of anilines is 1. The highest BCUT2D eigenvalue weighted by atomic mass is 16.5. The van der Waals surface area contributed by atoms with Gasteiger partial charge in [0, 0.05) is 6.20 Å². The Morgan fingerprint density at radius 3 is 2.37 bits per heavy atom. The van der Waals surface area contributed by atoms with Crippen LogP contribution in [0.25, 0.3) is 5.69 Å². The van der Waals surface area contributed by atoms with Crippen LogP contribution in [0.3, 0.4) is 0 Å². The third kappa shape index (κ3) is 3.37. The molecule has 2 N–H and O–H groups in total. The first-order valence-corrected chi connectivity index (χ1v) is 7.92. The average molecular weight is 361 g/mol. The van der Waals surface area contributed by atoms with Crippen LogP contribution in [0, 0.1) is 11.3 Å². The molecule has 0 aliphatic rings. The van der Waals surface area contributed by atoms with Gasteiger partial charge in [-0.05, 0) is 24.3 Å². The molecule has 0 amide bonds. The van der Waals surface area contributed by atoms with Crippen molar-refractivity contribution in [2.24, 2.45) is 0 Å². The first-order chi connectivity index (χ1) is 13.1. The third-order valence-corrected chi connectivity index (χ3v) is 3.88. The van der Waals surface area contributed by atoms with Gasteiger partial charge in [0.25, 0.3) is 0 Å². The molecule has 134 valence electrons. The van der Waals surface area contributed by atoms with E-state index >= 15 is 0 Å². The van der Waals surface area contributed by atoms with Crippen LogP contribution < -0.4 is 10.5 Å². The van der Waals surface area contributed by atoms with Gasteiger partial charge in [0.05, 0.1) is 29.6 Å². The molecule has 0 spiro atoms. The summed E-state index contributed by atoms with van der Waals surface area (Å²) in [7, 11) is 1.21. The number of carbonyl (C=O) groups is 2. The molecule has 27 heavy (non-hydrogen) atoms. The van der Waals surface area contributed by atoms with E-state index in [9.17, 15) is 14.9 Å². The Kier molecular flexibility index (Phi) is 4.90. The summed E-state index contributed by atoms with van der Waals surface area (Å²) in [6.07, 6.45) is 1.39. The number of methoxy groups -OCH3 is 1. The van der Waals surface area contributed by atoms with E-state index < -0.39 is 11.9 Å². The first kappa shape index (κ1) is 17.8. The molecule has 0 unspecified atom stereocenters.